The molecule has 0 aliphatic carbocycles. The summed E-state index contributed by atoms with van der Waals surface area (Å²) in [5.41, 5.74) is 7.27. The van der Waals surface area contributed by atoms with Gasteiger partial charge in [-0.25, -0.2) is 13.4 Å². The Morgan fingerprint density at radius 1 is 1.26 bits per heavy atom. The molecule has 0 unspecified atom stereocenters. The second-order valence-electron chi connectivity index (χ2n) is 7.50. The Hall–Kier alpha value is -2.91. The van der Waals surface area contributed by atoms with Crippen molar-refractivity contribution in [2.75, 3.05) is 38.8 Å². The Morgan fingerprint density at radius 2 is 2.00 bits per heavy atom. The maximum atomic E-state index is 12.1. The van der Waals surface area contributed by atoms with Gasteiger partial charge in [-0.05, 0) is 63.3 Å². The molecular weight excluding hydrogens is 414 g/mol. The van der Waals surface area contributed by atoms with E-state index in [0.717, 1.165) is 31.2 Å². The molecule has 0 bridgehead atoms. The van der Waals surface area contributed by atoms with E-state index in [-0.39, 0.29) is 16.3 Å². The highest BCUT2D eigenvalue weighted by molar-refractivity contribution is 7.90. The average molecular weight is 446 g/mol. The van der Waals surface area contributed by atoms with Gasteiger partial charge in [-0.2, -0.15) is 0 Å². The van der Waals surface area contributed by atoms with Crippen LogP contribution in [0.3, 0.4) is 0 Å². The number of anilines is 1. The number of carbonyl (C=O) groups is 1. The van der Waals surface area contributed by atoms with E-state index in [1.54, 1.807) is 24.3 Å². The monoisotopic (exact) mass is 445 g/mol. The first kappa shape index (κ1) is 24.4. The summed E-state index contributed by atoms with van der Waals surface area (Å²) in [4.78, 5) is 19.1. The van der Waals surface area contributed by atoms with Crippen LogP contribution in [0.15, 0.2) is 69.3 Å². The van der Waals surface area contributed by atoms with Crippen LogP contribution < -0.4 is 16.4 Å². The van der Waals surface area contributed by atoms with Crippen LogP contribution in [0.4, 0.5) is 5.69 Å². The molecule has 1 amide bonds. The molecule has 1 aromatic carbocycles. The molecule has 0 aromatic heterocycles. The third kappa shape index (κ3) is 7.37. The number of nitrogens with two attached hydrogens (primary N) is 1. The largest absolute Gasteiger partial charge is 0.370 e. The molecule has 1 aliphatic rings. The Morgan fingerprint density at radius 3 is 2.61 bits per heavy atom. The van der Waals surface area contributed by atoms with Crippen molar-refractivity contribution >= 4 is 27.3 Å². The Bertz CT molecular complexity index is 1040. The van der Waals surface area contributed by atoms with Gasteiger partial charge in [-0.3, -0.25) is 4.79 Å². The zero-order valence-corrected chi connectivity index (χ0v) is 19.3. The van der Waals surface area contributed by atoms with Gasteiger partial charge in [0.1, 0.15) is 11.7 Å². The van der Waals surface area contributed by atoms with Crippen molar-refractivity contribution in [3.63, 3.8) is 0 Å². The third-order valence-electron chi connectivity index (χ3n) is 4.59. The Balaban J connectivity index is 2.43. The molecular formula is C22H31N5O3S. The minimum atomic E-state index is -3.38. The summed E-state index contributed by atoms with van der Waals surface area (Å²) >= 11 is 0. The number of benzene rings is 1. The summed E-state index contributed by atoms with van der Waals surface area (Å²) < 4.78 is 23.8. The van der Waals surface area contributed by atoms with Crippen molar-refractivity contribution in [3.05, 3.63) is 59.5 Å². The van der Waals surface area contributed by atoms with Crippen LogP contribution in [-0.2, 0) is 14.6 Å². The summed E-state index contributed by atoms with van der Waals surface area (Å²) in [5.74, 6) is 0.261. The van der Waals surface area contributed by atoms with Crippen molar-refractivity contribution in [2.45, 2.75) is 24.7 Å². The van der Waals surface area contributed by atoms with Gasteiger partial charge in [0.05, 0.1) is 10.5 Å². The van der Waals surface area contributed by atoms with Crippen molar-refractivity contribution in [1.29, 1.82) is 0 Å². The highest BCUT2D eigenvalue weighted by Crippen LogP contribution is 2.19. The smallest absolute Gasteiger partial charge is 0.252 e. The SMILES string of the molecule is CCC1=C(NCCCN(C)C)/N=C(Nc2cccc(S(C)(=O)=O)c2)\C(C(N)=O)=C\C=C\1. The highest BCUT2D eigenvalue weighted by atomic mass is 32.2. The predicted molar refractivity (Wildman–Crippen MR) is 126 cm³/mol. The summed E-state index contributed by atoms with van der Waals surface area (Å²) in [5, 5.41) is 6.43. The Kier molecular flexibility index (Phi) is 8.58. The molecule has 168 valence electrons. The number of primary amides is 1. The summed E-state index contributed by atoms with van der Waals surface area (Å²) in [6, 6.07) is 6.35. The molecule has 2 rings (SSSR count). The van der Waals surface area contributed by atoms with E-state index in [9.17, 15) is 13.2 Å². The van der Waals surface area contributed by atoms with E-state index in [4.69, 9.17) is 5.73 Å². The van der Waals surface area contributed by atoms with Crippen LogP contribution in [0.2, 0.25) is 0 Å². The molecule has 1 heterocycles. The van der Waals surface area contributed by atoms with E-state index in [2.05, 4.69) is 20.5 Å². The first-order valence-electron chi connectivity index (χ1n) is 10.1. The first-order valence-corrected chi connectivity index (χ1v) is 12.0. The van der Waals surface area contributed by atoms with Crippen LogP contribution in [0.5, 0.6) is 0 Å². The standard InChI is InChI=1S/C22H31N5O3S/c1-5-16-9-6-12-19(20(23)28)22(26-21(16)24-13-8-14-27(2)3)25-17-10-7-11-18(15-17)31(4,29)30/h6-7,9-12,15H,5,8,13-14H2,1-4H3,(H2,23,28)(H2,24,25,26). The highest BCUT2D eigenvalue weighted by Gasteiger charge is 2.17. The van der Waals surface area contributed by atoms with Crippen LogP contribution in [0, 0.1) is 0 Å². The topological polar surface area (TPSA) is 117 Å². The fraction of sp³-hybridized carbons (Fsp3) is 0.364. The number of allylic oxidation sites excluding steroid dienone is 4. The van der Waals surface area contributed by atoms with Crippen LogP contribution >= 0.6 is 0 Å². The molecule has 0 saturated heterocycles. The first-order chi connectivity index (χ1) is 14.6. The van der Waals surface area contributed by atoms with Crippen LogP contribution in [0.25, 0.3) is 0 Å². The van der Waals surface area contributed by atoms with Gasteiger partial charge >= 0.3 is 0 Å². The molecule has 0 saturated carbocycles. The maximum Gasteiger partial charge on any atom is 0.252 e. The molecule has 4 N–H and O–H groups in total. The lowest BCUT2D eigenvalue weighted by atomic mass is 10.1. The lowest BCUT2D eigenvalue weighted by Gasteiger charge is -2.18. The van der Waals surface area contributed by atoms with E-state index in [1.165, 1.54) is 12.1 Å². The van der Waals surface area contributed by atoms with E-state index >= 15 is 0 Å². The zero-order valence-electron chi connectivity index (χ0n) is 18.5. The number of nitrogens with zero attached hydrogens (tertiary/aromatic N) is 2. The number of hydrogen-bond acceptors (Lipinski definition) is 7. The molecule has 8 nitrogen and oxygen atoms in total. The van der Waals surface area contributed by atoms with Gasteiger partial charge < -0.3 is 21.3 Å². The van der Waals surface area contributed by atoms with Gasteiger partial charge in [-0.15, -0.1) is 0 Å². The number of amidine groups is 1. The number of carbonyl (C=O) groups excluding carboxylic acids is 1. The predicted octanol–water partition coefficient (Wildman–Crippen LogP) is 2.04. The minimum Gasteiger partial charge on any atom is -0.370 e. The molecule has 31 heavy (non-hydrogen) atoms. The van der Waals surface area contributed by atoms with E-state index in [0.29, 0.717) is 18.1 Å². The van der Waals surface area contributed by atoms with Gasteiger partial charge in [0.25, 0.3) is 5.91 Å². The normalized spacial score (nSPS) is 21.3. The van der Waals surface area contributed by atoms with Gasteiger partial charge in [0.15, 0.2) is 9.84 Å². The van der Waals surface area contributed by atoms with Crippen molar-refractivity contribution in [2.24, 2.45) is 10.7 Å². The molecule has 1 aromatic rings. The number of aliphatic imine (C=N–C) groups is 1. The molecule has 1 aliphatic heterocycles. The number of rotatable bonds is 9. The van der Waals surface area contributed by atoms with E-state index < -0.39 is 15.7 Å². The molecule has 0 fully saturated rings. The van der Waals surface area contributed by atoms with Crippen molar-refractivity contribution in [3.8, 4) is 0 Å². The maximum absolute atomic E-state index is 12.1. The molecule has 0 radical (unpaired) electrons. The lowest BCUT2D eigenvalue weighted by Crippen LogP contribution is -2.28. The third-order valence-corrected chi connectivity index (χ3v) is 5.70. The van der Waals surface area contributed by atoms with Crippen LogP contribution in [-0.4, -0.2) is 58.5 Å². The van der Waals surface area contributed by atoms with Crippen molar-refractivity contribution < 1.29 is 13.2 Å². The summed E-state index contributed by atoms with van der Waals surface area (Å²) in [6.07, 6.45) is 8.08. The minimum absolute atomic E-state index is 0.167. The second-order valence-corrected chi connectivity index (χ2v) is 9.52. The number of nitrogens with one attached hydrogen (secondary N) is 2. The average Bonchev–Trinajstić information content (AvgIpc) is 2.67. The quantitative estimate of drug-likeness (QED) is 0.501. The number of sulfone groups is 1. The number of amides is 1. The van der Waals surface area contributed by atoms with Gasteiger partial charge in [0, 0.05) is 18.5 Å². The molecule has 0 atom stereocenters. The van der Waals surface area contributed by atoms with Gasteiger partial charge in [0.2, 0.25) is 0 Å². The van der Waals surface area contributed by atoms with Gasteiger partial charge in [-0.1, -0.05) is 25.1 Å². The van der Waals surface area contributed by atoms with Crippen molar-refractivity contribution in [1.82, 2.24) is 10.2 Å². The summed E-state index contributed by atoms with van der Waals surface area (Å²) in [6.45, 7) is 3.66. The fourth-order valence-electron chi connectivity index (χ4n) is 2.94. The second kappa shape index (κ2) is 10.9. The fourth-order valence-corrected chi connectivity index (χ4v) is 3.60. The Labute approximate surface area is 184 Å². The molecule has 0 spiro atoms. The zero-order chi connectivity index (χ0) is 23.0. The van der Waals surface area contributed by atoms with Crippen LogP contribution in [0.1, 0.15) is 19.8 Å². The summed E-state index contributed by atoms with van der Waals surface area (Å²) in [7, 11) is 0.658. The number of hydrogen-bond donors (Lipinski definition) is 3. The van der Waals surface area contributed by atoms with E-state index in [1.807, 2.05) is 27.1 Å². The molecule has 9 heteroatoms. The lowest BCUT2D eigenvalue weighted by molar-refractivity contribution is -0.114.